The van der Waals surface area contributed by atoms with Crippen molar-refractivity contribution in [3.8, 4) is 0 Å². The molecule has 5 heteroatoms. The highest BCUT2D eigenvalue weighted by Crippen LogP contribution is 2.32. The Bertz CT molecular complexity index is 692. The fourth-order valence-electron chi connectivity index (χ4n) is 3.24. The van der Waals surface area contributed by atoms with Crippen LogP contribution in [0.2, 0.25) is 0 Å². The maximum atomic E-state index is 12.8. The molecule has 23 heavy (non-hydrogen) atoms. The van der Waals surface area contributed by atoms with Crippen molar-refractivity contribution in [1.82, 2.24) is 19.4 Å². The van der Waals surface area contributed by atoms with Gasteiger partial charge < -0.3 is 14.4 Å². The lowest BCUT2D eigenvalue weighted by Gasteiger charge is -2.25. The minimum absolute atomic E-state index is 0.0829. The normalized spacial score (nSPS) is 17.9. The molecule has 3 rings (SSSR count). The summed E-state index contributed by atoms with van der Waals surface area (Å²) in [6, 6.07) is 10.0. The van der Waals surface area contributed by atoms with E-state index in [0.29, 0.717) is 0 Å². The van der Waals surface area contributed by atoms with Gasteiger partial charge in [-0.2, -0.15) is 0 Å². The zero-order valence-corrected chi connectivity index (χ0v) is 14.1. The number of hydrogen-bond donors (Lipinski definition) is 0. The average molecular weight is 312 g/mol. The quantitative estimate of drug-likeness (QED) is 0.871. The molecule has 1 aliphatic rings. The molecule has 0 bridgehead atoms. The number of nitrogens with zero attached hydrogens (tertiary/aromatic N) is 4. The predicted octanol–water partition coefficient (Wildman–Crippen LogP) is 2.46. The smallest absolute Gasteiger partial charge is 0.271 e. The molecule has 2 aromatic rings. The summed E-state index contributed by atoms with van der Waals surface area (Å²) in [6.07, 6.45) is 3.92. The SMILES string of the molecule is CN(C)Cc1cccc([C@@H]2CCCN2C(=O)c2cccn2C)n1. The third-order valence-electron chi connectivity index (χ3n) is 4.32. The van der Waals surface area contributed by atoms with E-state index in [1.807, 2.05) is 67.1 Å². The van der Waals surface area contributed by atoms with Crippen LogP contribution in [0.15, 0.2) is 36.5 Å². The molecule has 1 saturated heterocycles. The van der Waals surface area contributed by atoms with E-state index in [2.05, 4.69) is 4.90 Å². The van der Waals surface area contributed by atoms with Gasteiger partial charge in [-0.1, -0.05) is 6.07 Å². The molecule has 122 valence electrons. The molecule has 0 aromatic carbocycles. The van der Waals surface area contributed by atoms with E-state index in [-0.39, 0.29) is 11.9 Å². The zero-order chi connectivity index (χ0) is 16.4. The molecule has 5 nitrogen and oxygen atoms in total. The van der Waals surface area contributed by atoms with Gasteiger partial charge in [0, 0.05) is 26.3 Å². The lowest BCUT2D eigenvalue weighted by atomic mass is 10.1. The zero-order valence-electron chi connectivity index (χ0n) is 14.1. The summed E-state index contributed by atoms with van der Waals surface area (Å²) in [5, 5.41) is 0. The predicted molar refractivity (Wildman–Crippen MR) is 90.1 cm³/mol. The Kier molecular flexibility index (Phi) is 4.48. The van der Waals surface area contributed by atoms with Gasteiger partial charge in [-0.3, -0.25) is 9.78 Å². The number of carbonyl (C=O) groups is 1. The monoisotopic (exact) mass is 312 g/mol. The first-order valence-corrected chi connectivity index (χ1v) is 8.09. The first-order valence-electron chi connectivity index (χ1n) is 8.09. The lowest BCUT2D eigenvalue weighted by molar-refractivity contribution is 0.0723. The minimum atomic E-state index is 0.0829. The van der Waals surface area contributed by atoms with Crippen LogP contribution in [0.25, 0.3) is 0 Å². The standard InChI is InChI=1S/C18H24N4O/c1-20(2)13-14-7-4-8-15(19-14)16-9-6-12-22(16)18(23)17-10-5-11-21(17)3/h4-5,7-8,10-11,16H,6,9,12-13H2,1-3H3/t16-/m0/s1. The second kappa shape index (κ2) is 6.54. The first kappa shape index (κ1) is 15.7. The van der Waals surface area contributed by atoms with E-state index in [1.165, 1.54) is 0 Å². The van der Waals surface area contributed by atoms with Crippen LogP contribution in [-0.4, -0.2) is 45.9 Å². The lowest BCUT2D eigenvalue weighted by Crippen LogP contribution is -2.32. The second-order valence-electron chi connectivity index (χ2n) is 6.45. The van der Waals surface area contributed by atoms with Gasteiger partial charge in [0.05, 0.1) is 17.4 Å². The van der Waals surface area contributed by atoms with Crippen LogP contribution in [0.3, 0.4) is 0 Å². The third kappa shape index (κ3) is 3.29. The molecule has 1 atom stereocenters. The van der Waals surface area contributed by atoms with Gasteiger partial charge in [-0.05, 0) is 51.2 Å². The van der Waals surface area contributed by atoms with Crippen LogP contribution in [0.5, 0.6) is 0 Å². The van der Waals surface area contributed by atoms with E-state index >= 15 is 0 Å². The summed E-state index contributed by atoms with van der Waals surface area (Å²) in [6.45, 7) is 1.61. The molecule has 1 fully saturated rings. The average Bonchev–Trinajstić information content (AvgIpc) is 3.15. The van der Waals surface area contributed by atoms with Crippen molar-refractivity contribution >= 4 is 5.91 Å². The number of aryl methyl sites for hydroxylation is 1. The summed E-state index contributed by atoms with van der Waals surface area (Å²) >= 11 is 0. The number of pyridine rings is 1. The maximum absolute atomic E-state index is 12.8. The second-order valence-corrected chi connectivity index (χ2v) is 6.45. The number of likely N-dealkylation sites (tertiary alicyclic amines) is 1. The number of hydrogen-bond acceptors (Lipinski definition) is 3. The van der Waals surface area contributed by atoms with E-state index in [0.717, 1.165) is 43.0 Å². The topological polar surface area (TPSA) is 41.4 Å². The molecule has 0 aliphatic carbocycles. The van der Waals surface area contributed by atoms with Gasteiger partial charge in [0.2, 0.25) is 0 Å². The first-order chi connectivity index (χ1) is 11.1. The molecule has 0 N–H and O–H groups in total. The molecule has 3 heterocycles. The van der Waals surface area contributed by atoms with Crippen LogP contribution >= 0.6 is 0 Å². The van der Waals surface area contributed by atoms with E-state index in [1.54, 1.807) is 0 Å². The molecule has 0 spiro atoms. The van der Waals surface area contributed by atoms with Gasteiger partial charge in [0.15, 0.2) is 0 Å². The van der Waals surface area contributed by atoms with Crippen molar-refractivity contribution in [1.29, 1.82) is 0 Å². The fourth-order valence-corrected chi connectivity index (χ4v) is 3.24. The number of aromatic nitrogens is 2. The highest BCUT2D eigenvalue weighted by Gasteiger charge is 2.32. The summed E-state index contributed by atoms with van der Waals surface area (Å²) < 4.78 is 1.88. The minimum Gasteiger partial charge on any atom is -0.347 e. The third-order valence-corrected chi connectivity index (χ3v) is 4.32. The Morgan fingerprint density at radius 2 is 2.13 bits per heavy atom. The van der Waals surface area contributed by atoms with Gasteiger partial charge >= 0.3 is 0 Å². The highest BCUT2D eigenvalue weighted by molar-refractivity contribution is 5.93. The molecular formula is C18H24N4O. The maximum Gasteiger partial charge on any atom is 0.271 e. The number of carbonyl (C=O) groups excluding carboxylic acids is 1. The van der Waals surface area contributed by atoms with Crippen molar-refractivity contribution < 1.29 is 4.79 Å². The van der Waals surface area contributed by atoms with E-state index < -0.39 is 0 Å². The van der Waals surface area contributed by atoms with Gasteiger partial charge in [-0.15, -0.1) is 0 Å². The molecule has 1 amide bonds. The fraction of sp³-hybridized carbons (Fsp3) is 0.444. The number of rotatable bonds is 4. The Balaban J connectivity index is 1.84. The Morgan fingerprint density at radius 1 is 1.30 bits per heavy atom. The molecule has 0 unspecified atom stereocenters. The number of amides is 1. The Hall–Kier alpha value is -2.14. The van der Waals surface area contributed by atoms with Crippen molar-refractivity contribution in [2.75, 3.05) is 20.6 Å². The highest BCUT2D eigenvalue weighted by atomic mass is 16.2. The van der Waals surface area contributed by atoms with Crippen LogP contribution in [0.1, 0.15) is 40.8 Å². The molecular weight excluding hydrogens is 288 g/mol. The van der Waals surface area contributed by atoms with Gasteiger partial charge in [0.25, 0.3) is 5.91 Å². The summed E-state index contributed by atoms with van der Waals surface area (Å²) in [5.41, 5.74) is 2.79. The van der Waals surface area contributed by atoms with Crippen molar-refractivity contribution in [3.05, 3.63) is 53.6 Å². The largest absolute Gasteiger partial charge is 0.347 e. The van der Waals surface area contributed by atoms with Crippen molar-refractivity contribution in [3.63, 3.8) is 0 Å². The molecule has 0 saturated carbocycles. The Morgan fingerprint density at radius 3 is 2.83 bits per heavy atom. The Labute approximate surface area is 137 Å². The van der Waals surface area contributed by atoms with Crippen LogP contribution in [0, 0.1) is 0 Å². The van der Waals surface area contributed by atoms with Crippen LogP contribution in [0.4, 0.5) is 0 Å². The summed E-state index contributed by atoms with van der Waals surface area (Å²) in [5.74, 6) is 0.0970. The van der Waals surface area contributed by atoms with Crippen molar-refractivity contribution in [2.24, 2.45) is 7.05 Å². The van der Waals surface area contributed by atoms with E-state index in [4.69, 9.17) is 4.98 Å². The van der Waals surface area contributed by atoms with E-state index in [9.17, 15) is 4.79 Å². The van der Waals surface area contributed by atoms with Gasteiger partial charge in [-0.25, -0.2) is 0 Å². The molecule has 0 radical (unpaired) electrons. The van der Waals surface area contributed by atoms with Crippen LogP contribution < -0.4 is 0 Å². The van der Waals surface area contributed by atoms with Gasteiger partial charge in [0.1, 0.15) is 5.69 Å². The summed E-state index contributed by atoms with van der Waals surface area (Å²) in [4.78, 5) is 21.7. The molecule has 1 aliphatic heterocycles. The summed E-state index contributed by atoms with van der Waals surface area (Å²) in [7, 11) is 5.98. The van der Waals surface area contributed by atoms with Crippen LogP contribution in [-0.2, 0) is 13.6 Å². The van der Waals surface area contributed by atoms with Crippen molar-refractivity contribution in [2.45, 2.75) is 25.4 Å². The molecule has 2 aromatic heterocycles.